The molecule has 1 aliphatic heterocycles. The lowest BCUT2D eigenvalue weighted by Gasteiger charge is -2.16. The lowest BCUT2D eigenvalue weighted by Crippen LogP contribution is -2.23. The Labute approximate surface area is 75.6 Å². The molecule has 0 aromatic rings. The summed E-state index contributed by atoms with van der Waals surface area (Å²) in [7, 11) is 0. The Morgan fingerprint density at radius 2 is 2.25 bits per heavy atom. The van der Waals surface area contributed by atoms with Crippen LogP contribution in [0.4, 0.5) is 0 Å². The lowest BCUT2D eigenvalue weighted by atomic mass is 9.95. The van der Waals surface area contributed by atoms with Crippen molar-refractivity contribution in [3.8, 4) is 0 Å². The van der Waals surface area contributed by atoms with Crippen LogP contribution in [-0.4, -0.2) is 36.2 Å². The number of rotatable bonds is 4. The maximum Gasteiger partial charge on any atom is 0.0443 e. The fourth-order valence-electron chi connectivity index (χ4n) is 1.90. The Balaban J connectivity index is 2.17. The zero-order valence-electron chi connectivity index (χ0n) is 8.29. The molecule has 1 fully saturated rings. The maximum atomic E-state index is 8.68. The van der Waals surface area contributed by atoms with E-state index < -0.39 is 0 Å². The molecule has 0 aromatic carbocycles. The van der Waals surface area contributed by atoms with Crippen LogP contribution < -0.4 is 0 Å². The zero-order valence-corrected chi connectivity index (χ0v) is 8.29. The molecule has 1 rings (SSSR count). The van der Waals surface area contributed by atoms with Crippen molar-refractivity contribution in [3.63, 3.8) is 0 Å². The summed E-state index contributed by atoms with van der Waals surface area (Å²) in [6.45, 7) is 8.52. The summed E-state index contributed by atoms with van der Waals surface area (Å²) in [5.74, 6) is 1.72. The number of aliphatic hydroxyl groups excluding tert-OH is 1. The summed E-state index contributed by atoms with van der Waals surface area (Å²) in [6, 6.07) is 0. The number of hydrogen-bond acceptors (Lipinski definition) is 2. The van der Waals surface area contributed by atoms with Crippen LogP contribution in [0.3, 0.4) is 0 Å². The molecule has 0 aliphatic carbocycles. The molecule has 0 amide bonds. The van der Waals surface area contributed by atoms with E-state index in [1.165, 1.54) is 19.5 Å². The number of likely N-dealkylation sites (tertiary alicyclic amines) is 1. The standard InChI is InChI=1S/C10H21NO/c1-9(2)10-4-6-11(8-10)5-3-7-12/h9-10,12H,3-8H2,1-2H3/t10-/m1/s1. The van der Waals surface area contributed by atoms with E-state index in [9.17, 15) is 0 Å². The van der Waals surface area contributed by atoms with E-state index in [-0.39, 0.29) is 0 Å². The average molecular weight is 171 g/mol. The molecule has 0 aromatic heterocycles. The molecule has 1 atom stereocenters. The molecule has 0 spiro atoms. The van der Waals surface area contributed by atoms with Gasteiger partial charge in [-0.25, -0.2) is 0 Å². The number of nitrogens with zero attached hydrogens (tertiary/aromatic N) is 1. The monoisotopic (exact) mass is 171 g/mol. The molecule has 1 saturated heterocycles. The highest BCUT2D eigenvalue weighted by atomic mass is 16.3. The predicted molar refractivity (Wildman–Crippen MR) is 51.1 cm³/mol. The Morgan fingerprint density at radius 3 is 2.75 bits per heavy atom. The van der Waals surface area contributed by atoms with E-state index in [0.29, 0.717) is 6.61 Å². The Hall–Kier alpha value is -0.0800. The van der Waals surface area contributed by atoms with E-state index in [0.717, 1.165) is 24.8 Å². The molecule has 72 valence electrons. The van der Waals surface area contributed by atoms with Gasteiger partial charge in [0.2, 0.25) is 0 Å². The topological polar surface area (TPSA) is 23.5 Å². The molecule has 1 N–H and O–H groups in total. The Bertz CT molecular complexity index is 125. The van der Waals surface area contributed by atoms with Crippen molar-refractivity contribution in [2.24, 2.45) is 11.8 Å². The van der Waals surface area contributed by atoms with Gasteiger partial charge in [0, 0.05) is 19.7 Å². The largest absolute Gasteiger partial charge is 0.396 e. The number of aliphatic hydroxyl groups is 1. The van der Waals surface area contributed by atoms with Gasteiger partial charge >= 0.3 is 0 Å². The second-order valence-electron chi connectivity index (χ2n) is 4.17. The van der Waals surface area contributed by atoms with Crippen molar-refractivity contribution < 1.29 is 5.11 Å². The van der Waals surface area contributed by atoms with Crippen LogP contribution in [0.15, 0.2) is 0 Å². The summed E-state index contributed by atoms with van der Waals surface area (Å²) in [5, 5.41) is 8.68. The minimum Gasteiger partial charge on any atom is -0.396 e. The van der Waals surface area contributed by atoms with Gasteiger partial charge in [-0.1, -0.05) is 13.8 Å². The fraction of sp³-hybridized carbons (Fsp3) is 1.00. The molecule has 0 bridgehead atoms. The van der Waals surface area contributed by atoms with Crippen LogP contribution in [0.5, 0.6) is 0 Å². The zero-order chi connectivity index (χ0) is 8.97. The third-order valence-electron chi connectivity index (χ3n) is 2.88. The van der Waals surface area contributed by atoms with Crippen LogP contribution in [-0.2, 0) is 0 Å². The van der Waals surface area contributed by atoms with Crippen molar-refractivity contribution in [1.82, 2.24) is 4.90 Å². The first-order chi connectivity index (χ1) is 5.74. The molecule has 12 heavy (non-hydrogen) atoms. The number of hydrogen-bond donors (Lipinski definition) is 1. The second kappa shape index (κ2) is 4.83. The molecule has 1 heterocycles. The SMILES string of the molecule is CC(C)[C@@H]1CCN(CCCO)C1. The summed E-state index contributed by atoms with van der Waals surface area (Å²) in [5.41, 5.74) is 0. The van der Waals surface area contributed by atoms with Crippen LogP contribution in [0.2, 0.25) is 0 Å². The van der Waals surface area contributed by atoms with Crippen LogP contribution in [0.25, 0.3) is 0 Å². The van der Waals surface area contributed by atoms with E-state index >= 15 is 0 Å². The Morgan fingerprint density at radius 1 is 1.50 bits per heavy atom. The molecule has 2 heteroatoms. The molecular formula is C10H21NO. The fourth-order valence-corrected chi connectivity index (χ4v) is 1.90. The molecule has 1 aliphatic rings. The van der Waals surface area contributed by atoms with Gasteiger partial charge in [-0.15, -0.1) is 0 Å². The van der Waals surface area contributed by atoms with Crippen molar-refractivity contribution >= 4 is 0 Å². The van der Waals surface area contributed by atoms with Gasteiger partial charge in [-0.05, 0) is 31.2 Å². The van der Waals surface area contributed by atoms with Crippen LogP contribution >= 0.6 is 0 Å². The van der Waals surface area contributed by atoms with Crippen molar-refractivity contribution in [3.05, 3.63) is 0 Å². The first kappa shape index (κ1) is 10.0. The van der Waals surface area contributed by atoms with E-state index in [4.69, 9.17) is 5.11 Å². The van der Waals surface area contributed by atoms with Gasteiger partial charge in [0.05, 0.1) is 0 Å². The highest BCUT2D eigenvalue weighted by molar-refractivity contribution is 4.77. The third-order valence-corrected chi connectivity index (χ3v) is 2.88. The van der Waals surface area contributed by atoms with Crippen LogP contribution in [0, 0.1) is 11.8 Å². The smallest absolute Gasteiger partial charge is 0.0443 e. The van der Waals surface area contributed by atoms with Crippen molar-refractivity contribution in [2.45, 2.75) is 26.7 Å². The van der Waals surface area contributed by atoms with Gasteiger partial charge in [-0.2, -0.15) is 0 Å². The molecule has 0 unspecified atom stereocenters. The highest BCUT2D eigenvalue weighted by Crippen LogP contribution is 2.23. The Kier molecular flexibility index (Phi) is 4.02. The van der Waals surface area contributed by atoms with Gasteiger partial charge < -0.3 is 10.0 Å². The molecule has 0 saturated carbocycles. The normalized spacial score (nSPS) is 25.5. The quantitative estimate of drug-likeness (QED) is 0.690. The average Bonchev–Trinajstić information content (AvgIpc) is 2.48. The highest BCUT2D eigenvalue weighted by Gasteiger charge is 2.23. The first-order valence-corrected chi connectivity index (χ1v) is 5.07. The molecule has 2 nitrogen and oxygen atoms in total. The molecule has 0 radical (unpaired) electrons. The van der Waals surface area contributed by atoms with E-state index in [2.05, 4.69) is 18.7 Å². The minimum atomic E-state index is 0.336. The summed E-state index contributed by atoms with van der Waals surface area (Å²) in [4.78, 5) is 2.47. The second-order valence-corrected chi connectivity index (χ2v) is 4.17. The van der Waals surface area contributed by atoms with Gasteiger partial charge in [0.25, 0.3) is 0 Å². The van der Waals surface area contributed by atoms with E-state index in [1.54, 1.807) is 0 Å². The summed E-state index contributed by atoms with van der Waals surface area (Å²) < 4.78 is 0. The van der Waals surface area contributed by atoms with E-state index in [1.807, 2.05) is 0 Å². The van der Waals surface area contributed by atoms with Gasteiger partial charge in [-0.3, -0.25) is 0 Å². The predicted octanol–water partition coefficient (Wildman–Crippen LogP) is 1.35. The van der Waals surface area contributed by atoms with Crippen molar-refractivity contribution in [1.29, 1.82) is 0 Å². The lowest BCUT2D eigenvalue weighted by molar-refractivity contribution is 0.240. The summed E-state index contributed by atoms with van der Waals surface area (Å²) >= 11 is 0. The van der Waals surface area contributed by atoms with Crippen LogP contribution in [0.1, 0.15) is 26.7 Å². The maximum absolute atomic E-state index is 8.68. The van der Waals surface area contributed by atoms with Gasteiger partial charge in [0.1, 0.15) is 0 Å². The third kappa shape index (κ3) is 2.76. The van der Waals surface area contributed by atoms with Gasteiger partial charge in [0.15, 0.2) is 0 Å². The summed E-state index contributed by atoms with van der Waals surface area (Å²) in [6.07, 6.45) is 2.29. The molecular weight excluding hydrogens is 150 g/mol. The van der Waals surface area contributed by atoms with Crippen molar-refractivity contribution in [2.75, 3.05) is 26.2 Å². The minimum absolute atomic E-state index is 0.336. The first-order valence-electron chi connectivity index (χ1n) is 5.07.